The summed E-state index contributed by atoms with van der Waals surface area (Å²) in [6.07, 6.45) is 6.13. The van der Waals surface area contributed by atoms with E-state index in [1.165, 1.54) is 10.8 Å². The van der Waals surface area contributed by atoms with Crippen LogP contribution in [0.2, 0.25) is 0 Å². The monoisotopic (exact) mass is 385 g/mol. The Labute approximate surface area is 173 Å². The van der Waals surface area contributed by atoms with Crippen molar-refractivity contribution < 1.29 is 9.31 Å². The summed E-state index contributed by atoms with van der Waals surface area (Å²) in [6.45, 7) is 14.6. The van der Waals surface area contributed by atoms with Crippen LogP contribution in [0.4, 0.5) is 0 Å². The fraction of sp³-hybridized carbons (Fsp3) is 0.280. The lowest BCUT2D eigenvalue weighted by atomic mass is 9.77. The van der Waals surface area contributed by atoms with Gasteiger partial charge >= 0.3 is 7.12 Å². The summed E-state index contributed by atoms with van der Waals surface area (Å²) < 4.78 is 14.6. The summed E-state index contributed by atoms with van der Waals surface area (Å²) in [5.74, 6) is 0. The highest BCUT2D eigenvalue weighted by Crippen LogP contribution is 2.39. The van der Waals surface area contributed by atoms with Crippen molar-refractivity contribution in [3.8, 4) is 0 Å². The minimum absolute atomic E-state index is 0.358. The molecule has 3 nitrogen and oxygen atoms in total. The van der Waals surface area contributed by atoms with Gasteiger partial charge in [0.15, 0.2) is 0 Å². The Kier molecular flexibility index (Phi) is 4.80. The largest absolute Gasteiger partial charge is 0.494 e. The lowest BCUT2D eigenvalue weighted by molar-refractivity contribution is 0.00578. The highest BCUT2D eigenvalue weighted by atomic mass is 16.7. The molecule has 0 radical (unpaired) electrons. The first-order valence-electron chi connectivity index (χ1n) is 10.1. The molecule has 1 aliphatic heterocycles. The Morgan fingerprint density at radius 3 is 1.83 bits per heavy atom. The average molecular weight is 385 g/mol. The zero-order valence-corrected chi connectivity index (χ0v) is 17.9. The third-order valence-electron chi connectivity index (χ3n) is 6.19. The zero-order chi connectivity index (χ0) is 20.8. The number of rotatable bonds is 4. The van der Waals surface area contributed by atoms with E-state index in [4.69, 9.17) is 9.31 Å². The van der Waals surface area contributed by atoms with Gasteiger partial charge in [-0.05, 0) is 58.3 Å². The second-order valence-electron chi connectivity index (χ2n) is 8.57. The van der Waals surface area contributed by atoms with E-state index in [0.717, 1.165) is 22.2 Å². The molecule has 0 saturated carbocycles. The Bertz CT molecular complexity index is 1080. The minimum atomic E-state index is -0.382. The molecular weight excluding hydrogens is 357 g/mol. The number of hydrogen-bond acceptors (Lipinski definition) is 2. The van der Waals surface area contributed by atoms with Gasteiger partial charge in [0.2, 0.25) is 0 Å². The van der Waals surface area contributed by atoms with Crippen molar-refractivity contribution in [3.05, 3.63) is 78.8 Å². The molecule has 3 aromatic rings. The molecule has 148 valence electrons. The molecule has 0 unspecified atom stereocenters. The Morgan fingerprint density at radius 2 is 1.34 bits per heavy atom. The summed E-state index contributed by atoms with van der Waals surface area (Å²) in [5.41, 5.74) is 3.48. The number of nitrogens with zero attached hydrogens (tertiary/aromatic N) is 1. The molecule has 1 aliphatic rings. The summed E-state index contributed by atoms with van der Waals surface area (Å²) in [4.78, 5) is 0. The number of allylic oxidation sites excluding steroid dienone is 5. The Hall–Kier alpha value is -2.56. The van der Waals surface area contributed by atoms with E-state index >= 15 is 0 Å². The molecule has 0 bridgehead atoms. The van der Waals surface area contributed by atoms with Gasteiger partial charge in [0.05, 0.1) is 22.2 Å². The van der Waals surface area contributed by atoms with Gasteiger partial charge in [-0.2, -0.15) is 0 Å². The second kappa shape index (κ2) is 7.05. The number of fused-ring (bicyclic) bond motifs is 3. The third-order valence-corrected chi connectivity index (χ3v) is 6.19. The van der Waals surface area contributed by atoms with Crippen LogP contribution in [0.5, 0.6) is 0 Å². The van der Waals surface area contributed by atoms with Crippen LogP contribution in [0, 0.1) is 0 Å². The normalized spacial score (nSPS) is 18.9. The molecule has 0 atom stereocenters. The van der Waals surface area contributed by atoms with Gasteiger partial charge in [0.25, 0.3) is 0 Å². The Morgan fingerprint density at radius 1 is 0.862 bits per heavy atom. The van der Waals surface area contributed by atoms with Gasteiger partial charge in [-0.25, -0.2) is 0 Å². The van der Waals surface area contributed by atoms with Crippen molar-refractivity contribution in [3.63, 3.8) is 0 Å². The summed E-state index contributed by atoms with van der Waals surface area (Å²) in [5, 5.41) is 2.46. The molecule has 0 amide bonds. The Balaban J connectivity index is 1.68. The van der Waals surface area contributed by atoms with Crippen LogP contribution < -0.4 is 0 Å². The van der Waals surface area contributed by atoms with Crippen molar-refractivity contribution in [1.82, 2.24) is 4.57 Å². The van der Waals surface area contributed by atoms with Gasteiger partial charge in [-0.3, -0.25) is 0 Å². The first kappa shape index (κ1) is 19.7. The topological polar surface area (TPSA) is 23.4 Å². The molecule has 1 fully saturated rings. The number of benzene rings is 2. The lowest BCUT2D eigenvalue weighted by Crippen LogP contribution is -2.41. The molecule has 2 heterocycles. The maximum absolute atomic E-state index is 6.20. The van der Waals surface area contributed by atoms with E-state index in [0.29, 0.717) is 0 Å². The molecule has 0 N–H and O–H groups in total. The second-order valence-corrected chi connectivity index (χ2v) is 8.57. The maximum atomic E-state index is 6.20. The van der Waals surface area contributed by atoms with Crippen molar-refractivity contribution in [2.24, 2.45) is 0 Å². The quantitative estimate of drug-likeness (QED) is 0.383. The minimum Gasteiger partial charge on any atom is -0.399 e. The first-order valence-corrected chi connectivity index (χ1v) is 10.1. The van der Waals surface area contributed by atoms with E-state index in [9.17, 15) is 0 Å². The molecule has 1 saturated heterocycles. The fourth-order valence-corrected chi connectivity index (χ4v) is 3.79. The van der Waals surface area contributed by atoms with E-state index in [1.54, 1.807) is 0 Å². The summed E-state index contributed by atoms with van der Waals surface area (Å²) in [6, 6.07) is 16.9. The molecule has 4 heteroatoms. The SMILES string of the molecule is C=C(/C=C\C(=C/C)B1OC(C)(C)C(C)(C)O1)n1c2ccccc2c2ccccc21. The standard InChI is InChI=1S/C25H28BNO2/c1-7-19(26-28-24(3,4)25(5,6)29-26)17-16-18(2)27-22-14-10-8-12-20(22)21-13-9-11-15-23(21)27/h7-17H,2H2,1,3-6H3/b17-16-,19-7+. The van der Waals surface area contributed by atoms with Crippen LogP contribution in [0.1, 0.15) is 34.6 Å². The van der Waals surface area contributed by atoms with Crippen LogP contribution in [-0.2, 0) is 9.31 Å². The van der Waals surface area contributed by atoms with E-state index < -0.39 is 0 Å². The third kappa shape index (κ3) is 3.27. The molecule has 2 aromatic carbocycles. The van der Waals surface area contributed by atoms with E-state index in [1.807, 2.05) is 25.2 Å². The van der Waals surface area contributed by atoms with Crippen LogP contribution in [0.15, 0.2) is 78.8 Å². The van der Waals surface area contributed by atoms with Crippen LogP contribution in [0.25, 0.3) is 27.5 Å². The molecular formula is C25H28BNO2. The molecule has 0 aliphatic carbocycles. The number of aromatic nitrogens is 1. The molecule has 29 heavy (non-hydrogen) atoms. The highest BCUT2D eigenvalue weighted by molar-refractivity contribution is 6.55. The van der Waals surface area contributed by atoms with Gasteiger partial charge < -0.3 is 13.9 Å². The van der Waals surface area contributed by atoms with E-state index in [2.05, 4.69) is 87.4 Å². The number of hydrogen-bond donors (Lipinski definition) is 0. The van der Waals surface area contributed by atoms with Gasteiger partial charge in [0, 0.05) is 16.5 Å². The smallest absolute Gasteiger partial charge is 0.399 e. The van der Waals surface area contributed by atoms with Gasteiger partial charge in [-0.15, -0.1) is 0 Å². The van der Waals surface area contributed by atoms with Crippen molar-refractivity contribution >= 4 is 34.6 Å². The van der Waals surface area contributed by atoms with Gasteiger partial charge in [0.1, 0.15) is 0 Å². The predicted octanol–water partition coefficient (Wildman–Crippen LogP) is 6.40. The highest BCUT2D eigenvalue weighted by Gasteiger charge is 2.51. The lowest BCUT2D eigenvalue weighted by Gasteiger charge is -2.32. The zero-order valence-electron chi connectivity index (χ0n) is 17.9. The molecule has 0 spiro atoms. The summed E-state index contributed by atoms with van der Waals surface area (Å²) >= 11 is 0. The molecule has 4 rings (SSSR count). The van der Waals surface area contributed by atoms with Crippen molar-refractivity contribution in [2.45, 2.75) is 45.8 Å². The van der Waals surface area contributed by atoms with Crippen LogP contribution in [-0.4, -0.2) is 22.9 Å². The predicted molar refractivity (Wildman–Crippen MR) is 124 cm³/mol. The fourth-order valence-electron chi connectivity index (χ4n) is 3.79. The maximum Gasteiger partial charge on any atom is 0.494 e. The van der Waals surface area contributed by atoms with Gasteiger partial charge in [-0.1, -0.05) is 55.1 Å². The average Bonchev–Trinajstić information content (AvgIpc) is 3.12. The van der Waals surface area contributed by atoms with Crippen LogP contribution in [0.3, 0.4) is 0 Å². The van der Waals surface area contributed by atoms with Crippen molar-refractivity contribution in [1.29, 1.82) is 0 Å². The van der Waals surface area contributed by atoms with Crippen molar-refractivity contribution in [2.75, 3.05) is 0 Å². The molecule has 1 aromatic heterocycles. The number of para-hydroxylation sites is 2. The first-order chi connectivity index (χ1) is 13.7. The van der Waals surface area contributed by atoms with Crippen LogP contribution >= 0.6 is 0 Å². The van der Waals surface area contributed by atoms with E-state index in [-0.39, 0.29) is 18.3 Å². The summed E-state index contributed by atoms with van der Waals surface area (Å²) in [7, 11) is -0.382.